The third kappa shape index (κ3) is 3.50. The Morgan fingerprint density at radius 2 is 1.58 bits per heavy atom. The SMILES string of the molecule is CCOc1ccc(N2C[C@H](C(=O)Oc3cccc(N4C(=O)[C@@H]5[C@H]6C=C[C@@H]([C@@H]7C[C@H]67)[C@H]5C4=O)c3)CC2=O)cc1. The Balaban J connectivity index is 1.05. The lowest BCUT2D eigenvalue weighted by atomic mass is 9.63. The normalized spacial score (nSPS) is 32.4. The van der Waals surface area contributed by atoms with E-state index in [4.69, 9.17) is 9.47 Å². The molecule has 6 aliphatic rings. The van der Waals surface area contributed by atoms with E-state index in [1.54, 1.807) is 53.4 Å². The minimum atomic E-state index is -0.621. The van der Waals surface area contributed by atoms with Gasteiger partial charge < -0.3 is 14.4 Å². The summed E-state index contributed by atoms with van der Waals surface area (Å²) in [7, 11) is 0. The van der Waals surface area contributed by atoms with Gasteiger partial charge in [0.2, 0.25) is 17.7 Å². The zero-order valence-corrected chi connectivity index (χ0v) is 21.0. The van der Waals surface area contributed by atoms with Crippen molar-refractivity contribution >= 4 is 35.1 Å². The van der Waals surface area contributed by atoms with Crippen LogP contribution in [0.2, 0.25) is 0 Å². The van der Waals surface area contributed by atoms with Crippen LogP contribution in [0.15, 0.2) is 60.7 Å². The summed E-state index contributed by atoms with van der Waals surface area (Å²) in [5, 5.41) is 0. The van der Waals surface area contributed by atoms with E-state index in [9.17, 15) is 19.2 Å². The predicted molar refractivity (Wildman–Crippen MR) is 137 cm³/mol. The van der Waals surface area contributed by atoms with Crippen LogP contribution in [-0.2, 0) is 19.2 Å². The average molecular weight is 513 g/mol. The monoisotopic (exact) mass is 512 g/mol. The summed E-state index contributed by atoms with van der Waals surface area (Å²) in [5.41, 5.74) is 1.12. The molecule has 2 saturated carbocycles. The van der Waals surface area contributed by atoms with Crippen molar-refractivity contribution in [2.45, 2.75) is 19.8 Å². The van der Waals surface area contributed by atoms with Crippen LogP contribution in [0, 0.1) is 41.4 Å². The van der Waals surface area contributed by atoms with E-state index in [0.29, 0.717) is 35.6 Å². The largest absolute Gasteiger partial charge is 0.494 e. The zero-order valence-electron chi connectivity index (χ0n) is 21.0. The number of hydrogen-bond donors (Lipinski definition) is 0. The number of carbonyl (C=O) groups excluding carboxylic acids is 4. The number of ether oxygens (including phenoxy) is 2. The molecule has 8 rings (SSSR count). The molecule has 2 aliphatic heterocycles. The average Bonchev–Trinajstić information content (AvgIpc) is 3.60. The Morgan fingerprint density at radius 3 is 2.24 bits per heavy atom. The molecular weight excluding hydrogens is 484 g/mol. The molecule has 4 fully saturated rings. The summed E-state index contributed by atoms with van der Waals surface area (Å²) in [6.07, 6.45) is 5.45. The molecule has 4 aliphatic carbocycles. The van der Waals surface area contributed by atoms with Gasteiger partial charge in [-0.25, -0.2) is 4.90 Å². The van der Waals surface area contributed by atoms with Crippen LogP contribution in [-0.4, -0.2) is 36.8 Å². The molecule has 0 radical (unpaired) electrons. The van der Waals surface area contributed by atoms with Gasteiger partial charge in [0.25, 0.3) is 0 Å². The van der Waals surface area contributed by atoms with Crippen molar-refractivity contribution in [1.82, 2.24) is 0 Å². The first-order chi connectivity index (χ1) is 18.4. The van der Waals surface area contributed by atoms with Crippen LogP contribution in [0.3, 0.4) is 0 Å². The van der Waals surface area contributed by atoms with E-state index in [1.165, 1.54) is 4.90 Å². The highest BCUT2D eigenvalue weighted by molar-refractivity contribution is 6.22. The highest BCUT2D eigenvalue weighted by atomic mass is 16.5. The third-order valence-electron chi connectivity index (χ3n) is 8.87. The van der Waals surface area contributed by atoms with Gasteiger partial charge in [0.1, 0.15) is 11.5 Å². The van der Waals surface area contributed by atoms with Crippen molar-refractivity contribution < 1.29 is 28.7 Å². The quantitative estimate of drug-likeness (QED) is 0.254. The van der Waals surface area contributed by atoms with Crippen LogP contribution >= 0.6 is 0 Å². The van der Waals surface area contributed by atoms with Gasteiger partial charge in [0.05, 0.1) is 30.0 Å². The molecule has 2 saturated heterocycles. The van der Waals surface area contributed by atoms with Gasteiger partial charge in [0, 0.05) is 24.7 Å². The first kappa shape index (κ1) is 23.2. The van der Waals surface area contributed by atoms with Gasteiger partial charge in [-0.3, -0.25) is 19.2 Å². The topological polar surface area (TPSA) is 93.2 Å². The van der Waals surface area contributed by atoms with Gasteiger partial charge in [-0.05, 0) is 73.4 Å². The number of allylic oxidation sites excluding steroid dienone is 2. The maximum atomic E-state index is 13.4. The van der Waals surface area contributed by atoms with E-state index in [-0.39, 0.29) is 60.1 Å². The molecule has 2 aromatic carbocycles. The van der Waals surface area contributed by atoms with Crippen LogP contribution < -0.4 is 19.3 Å². The number of nitrogens with zero attached hydrogens (tertiary/aromatic N) is 2. The number of amides is 3. The Hall–Kier alpha value is -3.94. The van der Waals surface area contributed by atoms with Crippen molar-refractivity contribution in [3.8, 4) is 11.5 Å². The van der Waals surface area contributed by atoms with Crippen molar-refractivity contribution in [1.29, 1.82) is 0 Å². The maximum Gasteiger partial charge on any atom is 0.316 e. The Kier molecular flexibility index (Phi) is 5.22. The molecule has 0 unspecified atom stereocenters. The van der Waals surface area contributed by atoms with E-state index in [2.05, 4.69) is 12.2 Å². The summed E-state index contributed by atoms with van der Waals surface area (Å²) in [6, 6.07) is 13.8. The van der Waals surface area contributed by atoms with Crippen LogP contribution in [0.1, 0.15) is 19.8 Å². The third-order valence-corrected chi connectivity index (χ3v) is 8.87. The zero-order chi connectivity index (χ0) is 26.1. The predicted octanol–water partition coefficient (Wildman–Crippen LogP) is 3.60. The Morgan fingerprint density at radius 1 is 0.895 bits per heavy atom. The molecule has 0 N–H and O–H groups in total. The van der Waals surface area contributed by atoms with Crippen LogP contribution in [0.25, 0.3) is 0 Å². The molecule has 2 aromatic rings. The molecular formula is C30H28N2O6. The number of hydrogen-bond acceptors (Lipinski definition) is 6. The molecule has 7 atom stereocenters. The van der Waals surface area contributed by atoms with Gasteiger partial charge in [-0.1, -0.05) is 18.2 Å². The Bertz CT molecular complexity index is 1350. The standard InChI is InChI=1S/C30H28N2O6/c1-2-37-19-8-6-17(7-9-19)31-15-16(12-25(31)33)30(36)38-20-5-3-4-18(13-20)32-28(34)26-21-10-11-22(24-14-23(21)24)27(26)29(32)35/h3-11,13,16,21-24,26-27H,2,12,14-15H2,1H3/t16-,21+,22+,23-,24+,26-,27-/m1/s1. The molecule has 2 heterocycles. The summed E-state index contributed by atoms with van der Waals surface area (Å²) >= 11 is 0. The first-order valence-corrected chi connectivity index (χ1v) is 13.4. The molecule has 8 heteroatoms. The summed E-state index contributed by atoms with van der Waals surface area (Å²) < 4.78 is 11.1. The van der Waals surface area contributed by atoms with E-state index in [1.807, 2.05) is 6.92 Å². The van der Waals surface area contributed by atoms with E-state index >= 15 is 0 Å². The summed E-state index contributed by atoms with van der Waals surface area (Å²) in [5.74, 6) is 0.166. The molecule has 2 bridgehead atoms. The lowest BCUT2D eigenvalue weighted by molar-refractivity contribution is -0.139. The van der Waals surface area contributed by atoms with Crippen molar-refractivity contribution in [2.24, 2.45) is 41.4 Å². The minimum Gasteiger partial charge on any atom is -0.494 e. The van der Waals surface area contributed by atoms with Crippen molar-refractivity contribution in [3.63, 3.8) is 0 Å². The smallest absolute Gasteiger partial charge is 0.316 e. The van der Waals surface area contributed by atoms with Gasteiger partial charge in [-0.15, -0.1) is 0 Å². The molecule has 8 nitrogen and oxygen atoms in total. The number of carbonyl (C=O) groups is 4. The number of imide groups is 1. The number of rotatable bonds is 6. The second-order valence-corrected chi connectivity index (χ2v) is 10.9. The fourth-order valence-electron chi connectivity index (χ4n) is 7.10. The first-order valence-electron chi connectivity index (χ1n) is 13.4. The van der Waals surface area contributed by atoms with Crippen molar-refractivity contribution in [2.75, 3.05) is 23.0 Å². The van der Waals surface area contributed by atoms with E-state index < -0.39 is 11.9 Å². The van der Waals surface area contributed by atoms with Crippen molar-refractivity contribution in [3.05, 3.63) is 60.7 Å². The van der Waals surface area contributed by atoms with Gasteiger partial charge in [-0.2, -0.15) is 0 Å². The second kappa shape index (κ2) is 8.55. The van der Waals surface area contributed by atoms with Crippen LogP contribution in [0.4, 0.5) is 11.4 Å². The molecule has 3 amide bonds. The second-order valence-electron chi connectivity index (χ2n) is 10.9. The number of benzene rings is 2. The minimum absolute atomic E-state index is 0.0519. The fourth-order valence-corrected chi connectivity index (χ4v) is 7.10. The van der Waals surface area contributed by atoms with Gasteiger partial charge >= 0.3 is 5.97 Å². The lowest BCUT2D eigenvalue weighted by Crippen LogP contribution is -2.40. The fraction of sp³-hybridized carbons (Fsp3) is 0.400. The maximum absolute atomic E-state index is 13.4. The molecule has 0 spiro atoms. The van der Waals surface area contributed by atoms with E-state index in [0.717, 1.165) is 6.42 Å². The van der Waals surface area contributed by atoms with Crippen LogP contribution in [0.5, 0.6) is 11.5 Å². The number of anilines is 2. The highest BCUT2D eigenvalue weighted by Crippen LogP contribution is 2.65. The summed E-state index contributed by atoms with van der Waals surface area (Å²) in [4.78, 5) is 55.4. The summed E-state index contributed by atoms with van der Waals surface area (Å²) in [6.45, 7) is 2.67. The molecule has 0 aromatic heterocycles. The number of esters is 1. The lowest BCUT2D eigenvalue weighted by Gasteiger charge is -2.37. The Labute approximate surface area is 220 Å². The van der Waals surface area contributed by atoms with Gasteiger partial charge in [0.15, 0.2) is 0 Å². The highest BCUT2D eigenvalue weighted by Gasteiger charge is 2.67. The molecule has 38 heavy (non-hydrogen) atoms. The molecule has 194 valence electrons.